The Hall–Kier alpha value is -3.18. The molecule has 31 heavy (non-hydrogen) atoms. The summed E-state index contributed by atoms with van der Waals surface area (Å²) in [5, 5.41) is 7.33. The number of aryl methyl sites for hydroxylation is 2. The fraction of sp³-hybridized carbons (Fsp3) is 0.231. The molecule has 4 rings (SSSR count). The largest absolute Gasteiger partial charge is 0.352 e. The van der Waals surface area contributed by atoms with Crippen LogP contribution in [0.3, 0.4) is 0 Å². The summed E-state index contributed by atoms with van der Waals surface area (Å²) >= 11 is 5.65. The van der Waals surface area contributed by atoms with E-state index in [2.05, 4.69) is 54.8 Å². The van der Waals surface area contributed by atoms with Crippen molar-refractivity contribution in [3.63, 3.8) is 0 Å². The zero-order valence-electron chi connectivity index (χ0n) is 17.9. The van der Waals surface area contributed by atoms with E-state index in [1.165, 1.54) is 16.7 Å². The third-order valence-electron chi connectivity index (χ3n) is 5.65. The van der Waals surface area contributed by atoms with E-state index in [0.29, 0.717) is 11.5 Å². The number of hydrogen-bond donors (Lipinski definition) is 2. The van der Waals surface area contributed by atoms with Crippen LogP contribution in [0.5, 0.6) is 0 Å². The Morgan fingerprint density at radius 3 is 2.39 bits per heavy atom. The van der Waals surface area contributed by atoms with E-state index in [9.17, 15) is 4.79 Å². The normalized spacial score (nSPS) is 14.4. The molecule has 0 saturated carbocycles. The van der Waals surface area contributed by atoms with Crippen molar-refractivity contribution in [1.82, 2.24) is 5.32 Å². The van der Waals surface area contributed by atoms with E-state index in [1.807, 2.05) is 47.4 Å². The van der Waals surface area contributed by atoms with Gasteiger partial charge in [0.05, 0.1) is 6.04 Å². The molecule has 2 N–H and O–H groups in total. The van der Waals surface area contributed by atoms with Crippen LogP contribution < -0.4 is 15.5 Å². The van der Waals surface area contributed by atoms with Gasteiger partial charge in [-0.2, -0.15) is 0 Å². The monoisotopic (exact) mass is 429 g/mol. The van der Waals surface area contributed by atoms with Crippen LogP contribution in [0.4, 0.5) is 11.4 Å². The van der Waals surface area contributed by atoms with E-state index >= 15 is 0 Å². The number of nitrogens with zero attached hydrogens (tertiary/aromatic N) is 1. The number of benzene rings is 3. The van der Waals surface area contributed by atoms with Crippen molar-refractivity contribution in [2.24, 2.45) is 0 Å². The summed E-state index contributed by atoms with van der Waals surface area (Å²) in [6.07, 6.45) is 1.56. The summed E-state index contributed by atoms with van der Waals surface area (Å²) in [5.41, 5.74) is 6.64. The highest BCUT2D eigenvalue weighted by atomic mass is 32.1. The summed E-state index contributed by atoms with van der Waals surface area (Å²) in [4.78, 5) is 13.8. The van der Waals surface area contributed by atoms with E-state index in [4.69, 9.17) is 12.2 Å². The van der Waals surface area contributed by atoms with Crippen molar-refractivity contribution in [3.05, 3.63) is 95.1 Å². The minimum Gasteiger partial charge on any atom is -0.352 e. The Bertz CT molecular complexity index is 1080. The van der Waals surface area contributed by atoms with Gasteiger partial charge in [-0.05, 0) is 73.4 Å². The zero-order chi connectivity index (χ0) is 21.8. The SMILES string of the molecule is Cc1ccc([C@H](NC(=S)Nc2ccc(N3CCCC3=O)cc2)c2ccccc2)c(C)c1. The lowest BCUT2D eigenvalue weighted by Gasteiger charge is -2.24. The maximum absolute atomic E-state index is 12.0. The first-order valence-electron chi connectivity index (χ1n) is 10.6. The van der Waals surface area contributed by atoms with Gasteiger partial charge in [-0.3, -0.25) is 4.79 Å². The van der Waals surface area contributed by atoms with Crippen LogP contribution in [0, 0.1) is 13.8 Å². The van der Waals surface area contributed by atoms with Crippen molar-refractivity contribution in [2.75, 3.05) is 16.8 Å². The molecule has 1 fully saturated rings. The number of anilines is 2. The molecule has 0 unspecified atom stereocenters. The molecule has 0 bridgehead atoms. The summed E-state index contributed by atoms with van der Waals surface area (Å²) < 4.78 is 0. The first-order chi connectivity index (χ1) is 15.0. The number of nitrogens with one attached hydrogen (secondary N) is 2. The fourth-order valence-electron chi connectivity index (χ4n) is 4.08. The highest BCUT2D eigenvalue weighted by Gasteiger charge is 2.21. The van der Waals surface area contributed by atoms with Gasteiger partial charge in [0.1, 0.15) is 0 Å². The van der Waals surface area contributed by atoms with Gasteiger partial charge in [-0.15, -0.1) is 0 Å². The standard InChI is InChI=1S/C26H27N3OS/c1-18-10-15-23(19(2)17-18)25(20-7-4-3-5-8-20)28-26(31)27-21-11-13-22(14-12-21)29-16-6-9-24(29)30/h3-5,7-8,10-15,17,25H,6,9,16H2,1-2H3,(H2,27,28,31)/t25-/m1/s1. The van der Waals surface area contributed by atoms with Crippen LogP contribution in [0.2, 0.25) is 0 Å². The summed E-state index contributed by atoms with van der Waals surface area (Å²) in [6.45, 7) is 5.03. The molecule has 4 nitrogen and oxygen atoms in total. The second-order valence-corrected chi connectivity index (χ2v) is 8.41. The van der Waals surface area contributed by atoms with Crippen molar-refractivity contribution >= 4 is 34.6 Å². The lowest BCUT2D eigenvalue weighted by molar-refractivity contribution is -0.117. The molecular formula is C26H27N3OS. The molecule has 158 valence electrons. The van der Waals surface area contributed by atoms with Gasteiger partial charge in [0.25, 0.3) is 0 Å². The van der Waals surface area contributed by atoms with Crippen LogP contribution in [0.25, 0.3) is 0 Å². The van der Waals surface area contributed by atoms with Crippen LogP contribution in [0.15, 0.2) is 72.8 Å². The lowest BCUT2D eigenvalue weighted by Crippen LogP contribution is -2.33. The maximum Gasteiger partial charge on any atom is 0.227 e. The topological polar surface area (TPSA) is 44.4 Å². The van der Waals surface area contributed by atoms with Gasteiger partial charge >= 0.3 is 0 Å². The van der Waals surface area contributed by atoms with Crippen LogP contribution in [-0.2, 0) is 4.79 Å². The molecule has 1 atom stereocenters. The third kappa shape index (κ3) is 4.94. The van der Waals surface area contributed by atoms with Gasteiger partial charge in [0.15, 0.2) is 5.11 Å². The molecule has 0 radical (unpaired) electrons. The molecule has 3 aromatic carbocycles. The van der Waals surface area contributed by atoms with Crippen LogP contribution in [0.1, 0.15) is 41.1 Å². The Morgan fingerprint density at radius 2 is 1.74 bits per heavy atom. The number of rotatable bonds is 5. The van der Waals surface area contributed by atoms with Crippen molar-refractivity contribution < 1.29 is 4.79 Å². The van der Waals surface area contributed by atoms with E-state index in [0.717, 1.165) is 29.9 Å². The van der Waals surface area contributed by atoms with Crippen LogP contribution in [-0.4, -0.2) is 17.6 Å². The van der Waals surface area contributed by atoms with Crippen molar-refractivity contribution in [1.29, 1.82) is 0 Å². The number of thiocarbonyl (C=S) groups is 1. The van der Waals surface area contributed by atoms with Crippen molar-refractivity contribution in [2.45, 2.75) is 32.7 Å². The van der Waals surface area contributed by atoms with Crippen LogP contribution >= 0.6 is 12.2 Å². The van der Waals surface area contributed by atoms with Gasteiger partial charge in [0.2, 0.25) is 5.91 Å². The average Bonchev–Trinajstić information content (AvgIpc) is 3.19. The summed E-state index contributed by atoms with van der Waals surface area (Å²) in [6, 6.07) is 24.6. The molecule has 1 aliphatic rings. The molecule has 3 aromatic rings. The van der Waals surface area contributed by atoms with Gasteiger partial charge < -0.3 is 15.5 Å². The van der Waals surface area contributed by atoms with E-state index in [-0.39, 0.29) is 11.9 Å². The molecular weight excluding hydrogens is 402 g/mol. The summed E-state index contributed by atoms with van der Waals surface area (Å²) in [7, 11) is 0. The average molecular weight is 430 g/mol. The molecule has 1 amide bonds. The highest BCUT2D eigenvalue weighted by Crippen LogP contribution is 2.27. The molecule has 0 aromatic heterocycles. The molecule has 0 aliphatic carbocycles. The Morgan fingerprint density at radius 1 is 1.00 bits per heavy atom. The number of amides is 1. The second-order valence-electron chi connectivity index (χ2n) is 8.00. The zero-order valence-corrected chi connectivity index (χ0v) is 18.7. The second kappa shape index (κ2) is 9.31. The number of carbonyl (C=O) groups is 1. The van der Waals surface area contributed by atoms with Crippen molar-refractivity contribution in [3.8, 4) is 0 Å². The highest BCUT2D eigenvalue weighted by molar-refractivity contribution is 7.80. The predicted octanol–water partition coefficient (Wildman–Crippen LogP) is 5.51. The minimum absolute atomic E-state index is 0.0525. The molecule has 1 heterocycles. The quantitative estimate of drug-likeness (QED) is 0.525. The van der Waals surface area contributed by atoms with Gasteiger partial charge in [0, 0.05) is 24.3 Å². The Balaban J connectivity index is 1.50. The van der Waals surface area contributed by atoms with E-state index in [1.54, 1.807) is 0 Å². The Labute approximate surface area is 189 Å². The molecule has 0 spiro atoms. The lowest BCUT2D eigenvalue weighted by atomic mass is 9.94. The number of hydrogen-bond acceptors (Lipinski definition) is 2. The molecule has 1 aliphatic heterocycles. The van der Waals surface area contributed by atoms with Gasteiger partial charge in [-0.1, -0.05) is 54.1 Å². The molecule has 5 heteroatoms. The first-order valence-corrected chi connectivity index (χ1v) is 11.0. The van der Waals surface area contributed by atoms with Gasteiger partial charge in [-0.25, -0.2) is 0 Å². The minimum atomic E-state index is -0.0525. The summed E-state index contributed by atoms with van der Waals surface area (Å²) in [5.74, 6) is 0.192. The third-order valence-corrected chi connectivity index (χ3v) is 5.87. The predicted molar refractivity (Wildman–Crippen MR) is 132 cm³/mol. The first kappa shape index (κ1) is 21.1. The number of carbonyl (C=O) groups excluding carboxylic acids is 1. The maximum atomic E-state index is 12.0. The van der Waals surface area contributed by atoms with E-state index < -0.39 is 0 Å². The smallest absolute Gasteiger partial charge is 0.227 e. The molecule has 1 saturated heterocycles. The Kier molecular flexibility index (Phi) is 6.33. The fourth-order valence-corrected chi connectivity index (χ4v) is 4.32.